The first-order chi connectivity index (χ1) is 13.6. The molecule has 1 amide bonds. The van der Waals surface area contributed by atoms with Crippen molar-refractivity contribution in [3.05, 3.63) is 64.8 Å². The van der Waals surface area contributed by atoms with Crippen LogP contribution in [0.5, 0.6) is 11.5 Å². The Morgan fingerprint density at radius 3 is 2.64 bits per heavy atom. The van der Waals surface area contributed by atoms with E-state index in [0.29, 0.717) is 29.6 Å². The average Bonchev–Trinajstić information content (AvgIpc) is 3.13. The van der Waals surface area contributed by atoms with Crippen molar-refractivity contribution >= 4 is 39.4 Å². The van der Waals surface area contributed by atoms with E-state index >= 15 is 0 Å². The Kier molecular flexibility index (Phi) is 7.00. The van der Waals surface area contributed by atoms with Gasteiger partial charge in [-0.2, -0.15) is 5.10 Å². The van der Waals surface area contributed by atoms with E-state index < -0.39 is 0 Å². The number of hydrogen-bond donors (Lipinski definition) is 1. The van der Waals surface area contributed by atoms with Crippen molar-refractivity contribution in [2.45, 2.75) is 11.4 Å². The van der Waals surface area contributed by atoms with E-state index in [9.17, 15) is 4.79 Å². The van der Waals surface area contributed by atoms with Crippen LogP contribution >= 0.6 is 27.7 Å². The van der Waals surface area contributed by atoms with Crippen LogP contribution in [-0.4, -0.2) is 35.7 Å². The van der Waals surface area contributed by atoms with Crippen molar-refractivity contribution in [2.75, 3.05) is 25.3 Å². The number of para-hydroxylation sites is 1. The lowest BCUT2D eigenvalue weighted by Crippen LogP contribution is -2.18. The summed E-state index contributed by atoms with van der Waals surface area (Å²) in [5.74, 6) is 2.17. The van der Waals surface area contributed by atoms with Crippen LogP contribution in [0.1, 0.15) is 5.56 Å². The summed E-state index contributed by atoms with van der Waals surface area (Å²) in [5, 5.41) is 7.23. The number of thioether (sulfide) groups is 1. The van der Waals surface area contributed by atoms with Gasteiger partial charge in [0.05, 0.1) is 32.7 Å². The van der Waals surface area contributed by atoms with Crippen molar-refractivity contribution in [1.29, 1.82) is 0 Å². The van der Waals surface area contributed by atoms with Gasteiger partial charge in [0.15, 0.2) is 11.5 Å². The van der Waals surface area contributed by atoms with E-state index in [-0.39, 0.29) is 5.91 Å². The summed E-state index contributed by atoms with van der Waals surface area (Å²) < 4.78 is 13.5. The highest BCUT2D eigenvalue weighted by Crippen LogP contribution is 2.31. The van der Waals surface area contributed by atoms with Crippen molar-refractivity contribution in [2.24, 2.45) is 0 Å². The van der Waals surface area contributed by atoms with Crippen LogP contribution in [0.4, 0.5) is 5.82 Å². The Balaban J connectivity index is 1.65. The number of carbonyl (C=O) groups is 1. The van der Waals surface area contributed by atoms with Gasteiger partial charge in [-0.25, -0.2) is 4.68 Å². The summed E-state index contributed by atoms with van der Waals surface area (Å²) in [4.78, 5) is 13.4. The van der Waals surface area contributed by atoms with Gasteiger partial charge in [-0.15, -0.1) is 11.8 Å². The molecule has 0 saturated carbocycles. The number of carbonyl (C=O) groups excluding carboxylic acids is 1. The molecule has 146 valence electrons. The molecular formula is C20H20BrN3O3S. The molecule has 0 aliphatic rings. The minimum atomic E-state index is -0.0905. The third kappa shape index (κ3) is 5.08. The normalized spacial score (nSPS) is 10.5. The fourth-order valence-electron chi connectivity index (χ4n) is 2.66. The fourth-order valence-corrected chi connectivity index (χ4v) is 3.63. The Bertz CT molecular complexity index is 944. The minimum absolute atomic E-state index is 0.0905. The molecular weight excluding hydrogens is 442 g/mol. The number of nitrogens with zero attached hydrogens (tertiary/aromatic N) is 2. The number of rotatable bonds is 8. The number of aromatic nitrogens is 2. The average molecular weight is 462 g/mol. The number of methoxy groups -OCH3 is 2. The van der Waals surface area contributed by atoms with Crippen molar-refractivity contribution in [3.63, 3.8) is 0 Å². The highest BCUT2D eigenvalue weighted by Gasteiger charge is 2.13. The summed E-state index contributed by atoms with van der Waals surface area (Å²) in [6, 6.07) is 15.3. The standard InChI is InChI=1S/C20H20BrN3O3S/c1-26-17-5-3-4-14(20(17)27-2)12-24-18(10-11-22-24)23-19(25)13-28-16-8-6-15(21)7-9-16/h3-11H,12-13H2,1-2H3,(H,23,25). The number of hydrogen-bond acceptors (Lipinski definition) is 5. The van der Waals surface area contributed by atoms with Gasteiger partial charge in [0.1, 0.15) is 5.82 Å². The topological polar surface area (TPSA) is 65.4 Å². The van der Waals surface area contributed by atoms with Crippen LogP contribution in [0, 0.1) is 0 Å². The zero-order valence-corrected chi connectivity index (χ0v) is 17.9. The minimum Gasteiger partial charge on any atom is -0.493 e. The van der Waals surface area contributed by atoms with E-state index in [1.807, 2.05) is 42.5 Å². The molecule has 0 aliphatic carbocycles. The Hall–Kier alpha value is -2.45. The quantitative estimate of drug-likeness (QED) is 0.502. The molecule has 8 heteroatoms. The maximum absolute atomic E-state index is 12.4. The molecule has 0 fully saturated rings. The molecule has 0 aliphatic heterocycles. The zero-order valence-electron chi connectivity index (χ0n) is 15.5. The number of amides is 1. The molecule has 0 radical (unpaired) electrons. The number of nitrogens with one attached hydrogen (secondary N) is 1. The maximum Gasteiger partial charge on any atom is 0.235 e. The van der Waals surface area contributed by atoms with Crippen molar-refractivity contribution in [1.82, 2.24) is 9.78 Å². The second kappa shape index (κ2) is 9.66. The molecule has 1 N–H and O–H groups in total. The van der Waals surface area contributed by atoms with Gasteiger partial charge in [-0.3, -0.25) is 4.79 Å². The SMILES string of the molecule is COc1cccc(Cn2nccc2NC(=O)CSc2ccc(Br)cc2)c1OC. The van der Waals surface area contributed by atoms with Crippen LogP contribution in [0.15, 0.2) is 64.1 Å². The van der Waals surface area contributed by atoms with Crippen molar-refractivity contribution in [3.8, 4) is 11.5 Å². The molecule has 0 unspecified atom stereocenters. The maximum atomic E-state index is 12.4. The molecule has 0 atom stereocenters. The summed E-state index contributed by atoms with van der Waals surface area (Å²) in [7, 11) is 3.21. The monoisotopic (exact) mass is 461 g/mol. The summed E-state index contributed by atoms with van der Waals surface area (Å²) in [5.41, 5.74) is 0.908. The molecule has 0 saturated heterocycles. The second-order valence-corrected chi connectivity index (χ2v) is 7.78. The molecule has 6 nitrogen and oxygen atoms in total. The van der Waals surface area contributed by atoms with Crippen LogP contribution in [0.25, 0.3) is 0 Å². The summed E-state index contributed by atoms with van der Waals surface area (Å²) in [6.45, 7) is 0.447. The van der Waals surface area contributed by atoms with Crippen LogP contribution < -0.4 is 14.8 Å². The van der Waals surface area contributed by atoms with Gasteiger partial charge in [0.25, 0.3) is 0 Å². The predicted molar refractivity (Wildman–Crippen MR) is 114 cm³/mol. The lowest BCUT2D eigenvalue weighted by molar-refractivity contribution is -0.113. The van der Waals surface area contributed by atoms with E-state index in [0.717, 1.165) is 14.9 Å². The van der Waals surface area contributed by atoms with Gasteiger partial charge in [0.2, 0.25) is 5.91 Å². The first-order valence-corrected chi connectivity index (χ1v) is 10.3. The molecule has 2 aromatic carbocycles. The summed E-state index contributed by atoms with van der Waals surface area (Å²) in [6.07, 6.45) is 1.66. The summed E-state index contributed by atoms with van der Waals surface area (Å²) >= 11 is 4.89. The highest BCUT2D eigenvalue weighted by atomic mass is 79.9. The molecule has 1 aromatic heterocycles. The van der Waals surface area contributed by atoms with Gasteiger partial charge in [-0.1, -0.05) is 28.1 Å². The highest BCUT2D eigenvalue weighted by molar-refractivity contribution is 9.10. The third-order valence-corrected chi connectivity index (χ3v) is 5.51. The Labute approximate surface area is 176 Å². The van der Waals surface area contributed by atoms with Crippen molar-refractivity contribution < 1.29 is 14.3 Å². The Morgan fingerprint density at radius 2 is 1.93 bits per heavy atom. The molecule has 3 rings (SSSR count). The molecule has 1 heterocycles. The number of halogens is 1. The number of ether oxygens (including phenoxy) is 2. The predicted octanol–water partition coefficient (Wildman–Crippen LogP) is 4.44. The van der Waals surface area contributed by atoms with E-state index in [4.69, 9.17) is 9.47 Å². The molecule has 28 heavy (non-hydrogen) atoms. The first kappa shape index (κ1) is 20.3. The Morgan fingerprint density at radius 1 is 1.14 bits per heavy atom. The smallest absolute Gasteiger partial charge is 0.235 e. The van der Waals surface area contributed by atoms with Crippen LogP contribution in [-0.2, 0) is 11.3 Å². The first-order valence-electron chi connectivity index (χ1n) is 8.50. The zero-order chi connectivity index (χ0) is 19.9. The van der Waals surface area contributed by atoms with E-state index in [2.05, 4.69) is 26.3 Å². The van der Waals surface area contributed by atoms with E-state index in [1.165, 1.54) is 11.8 Å². The van der Waals surface area contributed by atoms with Gasteiger partial charge in [-0.05, 0) is 30.3 Å². The number of anilines is 1. The van der Waals surface area contributed by atoms with Crippen LogP contribution in [0.3, 0.4) is 0 Å². The molecule has 0 spiro atoms. The molecule has 0 bridgehead atoms. The largest absolute Gasteiger partial charge is 0.493 e. The molecule has 3 aromatic rings. The van der Waals surface area contributed by atoms with Gasteiger partial charge >= 0.3 is 0 Å². The van der Waals surface area contributed by atoms with Crippen LogP contribution in [0.2, 0.25) is 0 Å². The second-order valence-electron chi connectivity index (χ2n) is 5.82. The van der Waals surface area contributed by atoms with E-state index in [1.54, 1.807) is 31.2 Å². The lowest BCUT2D eigenvalue weighted by atomic mass is 10.2. The van der Waals surface area contributed by atoms with Gasteiger partial charge in [0, 0.05) is 21.0 Å². The lowest BCUT2D eigenvalue weighted by Gasteiger charge is -2.14. The van der Waals surface area contributed by atoms with Gasteiger partial charge < -0.3 is 14.8 Å². The third-order valence-electron chi connectivity index (χ3n) is 3.97. The fraction of sp³-hybridized carbons (Fsp3) is 0.200. The number of benzene rings is 2.